The average Bonchev–Trinajstić information content (AvgIpc) is 3.12. The fourth-order valence-corrected chi connectivity index (χ4v) is 8.46. The molecule has 304 valence electrons. The number of hydrogen-bond donors (Lipinski definition) is 2. The van der Waals surface area contributed by atoms with Gasteiger partial charge in [-0.3, -0.25) is 18.4 Å². The van der Waals surface area contributed by atoms with Gasteiger partial charge in [0.1, 0.15) is 21.5 Å². The van der Waals surface area contributed by atoms with Gasteiger partial charge < -0.3 is 30.5 Å². The van der Waals surface area contributed by atoms with E-state index in [2.05, 4.69) is 43.4 Å². The molecule has 0 heterocycles. The number of nitrogen functional groups attached to an aromatic ring is 1. The van der Waals surface area contributed by atoms with Crippen LogP contribution in [-0.2, 0) is 67.3 Å². The predicted molar refractivity (Wildman–Crippen MR) is 183 cm³/mol. The van der Waals surface area contributed by atoms with Gasteiger partial charge in [0.15, 0.2) is 37.7 Å². The molecule has 0 fully saturated rings. The fraction of sp³-hybridized carbons (Fsp3) is 0.154. The van der Waals surface area contributed by atoms with E-state index in [0.29, 0.717) is 0 Å². The minimum Gasteiger partial charge on any atom is -0.744 e. The number of nitrogens with two attached hydrogens (primary N) is 1. The third-order valence-electron chi connectivity index (χ3n) is 6.76. The molecule has 0 spiro atoms. The molecule has 0 aliphatic carbocycles. The first-order valence-corrected chi connectivity index (χ1v) is 21.8. The molecule has 0 saturated carbocycles. The number of phenolic OH excluding ortho intramolecular Hbond substituents is 1. The Bertz CT molecular complexity index is 2590. The van der Waals surface area contributed by atoms with Crippen LogP contribution in [0.2, 0.25) is 0 Å². The van der Waals surface area contributed by atoms with Gasteiger partial charge in [-0.15, -0.1) is 14.6 Å². The first kappa shape index (κ1) is 60.0. The van der Waals surface area contributed by atoms with Crippen molar-refractivity contribution in [3.8, 4) is 5.75 Å². The summed E-state index contributed by atoms with van der Waals surface area (Å²) in [6.45, 7) is -1.37. The van der Waals surface area contributed by atoms with Crippen LogP contribution in [0.25, 0.3) is 10.8 Å². The summed E-state index contributed by atoms with van der Waals surface area (Å²) in [6.07, 6.45) is 0. The summed E-state index contributed by atoms with van der Waals surface area (Å²) < 4.78 is 136. The zero-order chi connectivity index (χ0) is 41.3. The van der Waals surface area contributed by atoms with Gasteiger partial charge in [0, 0.05) is 0 Å². The van der Waals surface area contributed by atoms with Gasteiger partial charge in [-0.25, -0.2) is 33.7 Å². The second kappa shape index (κ2) is 26.9. The third-order valence-corrected chi connectivity index (χ3v) is 12.4. The van der Waals surface area contributed by atoms with Crippen LogP contribution in [0.15, 0.2) is 101 Å². The number of aromatic hydroxyl groups is 1. The quantitative estimate of drug-likeness (QED) is 0.00955. The van der Waals surface area contributed by atoms with Crippen LogP contribution in [-0.4, -0.2) is 72.6 Å². The molecule has 0 atom stereocenters. The van der Waals surface area contributed by atoms with Gasteiger partial charge in [0.2, 0.25) is 10.4 Å². The van der Waals surface area contributed by atoms with Crippen molar-refractivity contribution in [3.63, 3.8) is 0 Å². The molecule has 0 radical (unpaired) electrons. The van der Waals surface area contributed by atoms with Crippen molar-refractivity contribution in [1.29, 1.82) is 0 Å². The van der Waals surface area contributed by atoms with Gasteiger partial charge in [-0.2, -0.15) is 14.6 Å². The summed E-state index contributed by atoms with van der Waals surface area (Å²) in [6, 6.07) is 11.0. The van der Waals surface area contributed by atoms with Crippen molar-refractivity contribution in [2.75, 3.05) is 30.5 Å². The molecule has 24 nitrogen and oxygen atoms in total. The number of anilines is 1. The molecular weight excluding hydrogens is 971 g/mol. The van der Waals surface area contributed by atoms with Crippen molar-refractivity contribution in [3.05, 3.63) is 60.7 Å². The Morgan fingerprint density at radius 3 is 1.87 bits per heavy atom. The number of nitrogens with zero attached hydrogens (tertiary/aromatic N) is 4. The molecule has 4 aromatic carbocycles. The molecule has 0 aliphatic rings. The van der Waals surface area contributed by atoms with E-state index in [4.69, 9.17) is 9.92 Å². The monoisotopic (exact) mass is 991 g/mol. The Labute approximate surface area is 438 Å². The third kappa shape index (κ3) is 17.4. The van der Waals surface area contributed by atoms with E-state index >= 15 is 0 Å². The van der Waals surface area contributed by atoms with Crippen molar-refractivity contribution in [1.82, 2.24) is 0 Å². The van der Waals surface area contributed by atoms with Gasteiger partial charge >= 0.3 is 118 Å². The molecule has 60 heavy (non-hydrogen) atoms. The molecule has 0 aromatic heterocycles. The summed E-state index contributed by atoms with van der Waals surface area (Å²) >= 11 is 0.311. The molecule has 34 heteroatoms. The number of rotatable bonds is 20. The number of hydrogen-bond acceptors (Lipinski definition) is 26. The van der Waals surface area contributed by atoms with Gasteiger partial charge in [-0.1, -0.05) is 6.07 Å². The normalized spacial score (nSPS) is 12.1. The summed E-state index contributed by atoms with van der Waals surface area (Å²) in [5, 5.41) is 52.9. The molecule has 4 rings (SSSR count). The predicted octanol–water partition coefficient (Wildman–Crippen LogP) is -10.1. The summed E-state index contributed by atoms with van der Waals surface area (Å²) in [5.41, 5.74) is 4.08. The largest absolute Gasteiger partial charge is 1.00 e. The minimum absolute atomic E-state index is 0. The fourth-order valence-electron chi connectivity index (χ4n) is 4.38. The topological polar surface area (TPSA) is 380 Å². The van der Waals surface area contributed by atoms with Crippen LogP contribution < -0.4 is 134 Å². The standard InChI is InChI=1S/C26H25N5O19S6.4Na/c27-23-22-15(13-21(55(39,40)41)25(23)31-29-17-2-1-3-19(14-17)54(37,38)11-9-46-56(42,43)44)12-20(51-49-47-33)24(26(22)32)30-28-16-4-6-18(7-5-16)53(35,36)10-8-45-52-50-48-34;;;;/h1-7,12-14,32-34H,8-11,27H2,(H,39,40,41)(H,42,43,44);;;;/q;4*+1/p-4. The molecule has 0 bridgehead atoms. The van der Waals surface area contributed by atoms with E-state index < -0.39 is 90.9 Å². The van der Waals surface area contributed by atoms with Crippen LogP contribution in [0.5, 0.6) is 5.75 Å². The molecular formula is C26H21N5Na4O19S6. The molecule has 0 unspecified atom stereocenters. The number of fused-ring (bicyclic) bond motifs is 1. The van der Waals surface area contributed by atoms with Crippen molar-refractivity contribution >= 4 is 104 Å². The maximum atomic E-state index is 12.6. The van der Waals surface area contributed by atoms with E-state index in [0.717, 1.165) is 24.3 Å². The van der Waals surface area contributed by atoms with Crippen LogP contribution in [0.4, 0.5) is 28.4 Å². The molecule has 0 amide bonds. The SMILES string of the molecule is Nc1c(N=Nc2cccc(S(=O)(=O)CCOS(=O)(=O)[O-])c2)c(S(=O)(=O)[O-])cc2cc(SOO[O-])c(N=Nc3ccc(S(=O)(=O)CCOSOO[O-])cc3)c(O)c12.[Na+].[Na+].[Na+].[Na+]. The van der Waals surface area contributed by atoms with Gasteiger partial charge in [-0.05, 0) is 60.0 Å². The van der Waals surface area contributed by atoms with Gasteiger partial charge in [0.05, 0.1) is 78.8 Å². The molecule has 3 N–H and O–H groups in total. The Hall–Kier alpha value is 0.0400. The first-order valence-electron chi connectivity index (χ1n) is 14.3. The average molecular weight is 992 g/mol. The first-order chi connectivity index (χ1) is 26.3. The van der Waals surface area contributed by atoms with Crippen LogP contribution in [0.3, 0.4) is 0 Å². The van der Waals surface area contributed by atoms with Crippen molar-refractivity contribution in [2.45, 2.75) is 19.6 Å². The Morgan fingerprint density at radius 2 is 1.27 bits per heavy atom. The van der Waals surface area contributed by atoms with E-state index in [1.54, 1.807) is 0 Å². The number of phenols is 1. The maximum Gasteiger partial charge on any atom is 1.00 e. The summed E-state index contributed by atoms with van der Waals surface area (Å²) in [4.78, 5) is -1.89. The number of benzene rings is 4. The van der Waals surface area contributed by atoms with Crippen molar-refractivity contribution in [2.24, 2.45) is 20.5 Å². The van der Waals surface area contributed by atoms with E-state index in [1.807, 2.05) is 0 Å². The zero-order valence-corrected chi connectivity index (χ0v) is 44.1. The Morgan fingerprint density at radius 1 is 0.683 bits per heavy atom. The van der Waals surface area contributed by atoms with Gasteiger partial charge in [0.25, 0.3) is 0 Å². The Balaban J connectivity index is 0.00000870. The molecule has 0 saturated heterocycles. The minimum atomic E-state index is -5.41. The molecule has 4 aromatic rings. The number of sulfone groups is 2. The second-order valence-corrected chi connectivity index (χ2v) is 18.1. The number of azo groups is 2. The smallest absolute Gasteiger partial charge is 0.744 e. The van der Waals surface area contributed by atoms with Crippen molar-refractivity contribution < 1.29 is 204 Å². The maximum absolute atomic E-state index is 12.6. The molecule has 0 aliphatic heterocycles. The zero-order valence-electron chi connectivity index (χ0n) is 31.2. The van der Waals surface area contributed by atoms with Crippen LogP contribution in [0.1, 0.15) is 0 Å². The van der Waals surface area contributed by atoms with Crippen LogP contribution in [0, 0.1) is 0 Å². The summed E-state index contributed by atoms with van der Waals surface area (Å²) in [5.74, 6) is -2.28. The second-order valence-electron chi connectivity index (χ2n) is 10.3. The van der Waals surface area contributed by atoms with Crippen LogP contribution >= 0.6 is 24.4 Å². The van der Waals surface area contributed by atoms with E-state index in [-0.39, 0.29) is 181 Å². The Kier molecular flexibility index (Phi) is 26.9. The summed E-state index contributed by atoms with van der Waals surface area (Å²) in [7, 11) is -18.7. The van der Waals surface area contributed by atoms with E-state index in [9.17, 15) is 58.4 Å². The van der Waals surface area contributed by atoms with E-state index in [1.165, 1.54) is 36.4 Å².